The zero-order valence-electron chi connectivity index (χ0n) is 13.9. The van der Waals surface area contributed by atoms with Crippen LogP contribution in [-0.4, -0.2) is 44.0 Å². The first-order valence-corrected chi connectivity index (χ1v) is 10.6. The molecule has 4 rings (SSSR count). The Morgan fingerprint density at radius 3 is 2.36 bits per heavy atom. The van der Waals surface area contributed by atoms with Crippen molar-refractivity contribution in [3.8, 4) is 0 Å². The summed E-state index contributed by atoms with van der Waals surface area (Å²) in [6.07, 6.45) is -0.363. The minimum Gasteiger partial charge on any atom is -0.300 e. The Hall–Kier alpha value is -1.08. The SMILES string of the molecule is O=S1(=O)CC2(CCN([C@H]3CC[C@H](c4ccc(C(F)(F)F)cc4)C3)C2)C1. The molecule has 3 aliphatic rings. The average Bonchev–Trinajstić information content (AvgIpc) is 3.12. The summed E-state index contributed by atoms with van der Waals surface area (Å²) in [4.78, 5) is 2.42. The molecule has 2 heterocycles. The van der Waals surface area contributed by atoms with Crippen LogP contribution in [0.5, 0.6) is 0 Å². The van der Waals surface area contributed by atoms with Crippen molar-refractivity contribution in [2.24, 2.45) is 5.41 Å². The second-order valence-corrected chi connectivity index (χ2v) is 10.1. The van der Waals surface area contributed by atoms with Gasteiger partial charge in [0.1, 0.15) is 0 Å². The third kappa shape index (κ3) is 3.33. The lowest BCUT2D eigenvalue weighted by Crippen LogP contribution is -2.50. The van der Waals surface area contributed by atoms with Crippen LogP contribution in [0.25, 0.3) is 0 Å². The van der Waals surface area contributed by atoms with E-state index < -0.39 is 21.6 Å². The van der Waals surface area contributed by atoms with Crippen molar-refractivity contribution < 1.29 is 21.6 Å². The summed E-state index contributed by atoms with van der Waals surface area (Å²) in [6.45, 7) is 1.80. The zero-order valence-corrected chi connectivity index (χ0v) is 14.7. The standard InChI is InChI=1S/C18H22F3NO2S/c19-18(20,21)15-4-1-13(2-5-15)14-3-6-16(9-14)22-8-7-17(10-22)11-25(23,24)12-17/h1-2,4-5,14,16H,3,6-12H2/t14-,16-/m0/s1. The number of hydrogen-bond donors (Lipinski definition) is 0. The Morgan fingerprint density at radius 1 is 1.08 bits per heavy atom. The molecule has 0 radical (unpaired) electrons. The maximum absolute atomic E-state index is 12.7. The first-order chi connectivity index (χ1) is 11.7. The summed E-state index contributed by atoms with van der Waals surface area (Å²) in [7, 11) is -2.81. The van der Waals surface area contributed by atoms with Crippen LogP contribution in [0.1, 0.15) is 42.7 Å². The number of nitrogens with zero attached hydrogens (tertiary/aromatic N) is 1. The second-order valence-electron chi connectivity index (χ2n) is 8.04. The van der Waals surface area contributed by atoms with Gasteiger partial charge in [0.15, 0.2) is 9.84 Å². The summed E-state index contributed by atoms with van der Waals surface area (Å²) < 4.78 is 61.1. The number of alkyl halides is 3. The van der Waals surface area contributed by atoms with Gasteiger partial charge < -0.3 is 0 Å². The molecule has 0 amide bonds. The van der Waals surface area contributed by atoms with E-state index in [2.05, 4.69) is 4.90 Å². The second kappa shape index (κ2) is 5.71. The molecule has 25 heavy (non-hydrogen) atoms. The average molecular weight is 373 g/mol. The Bertz CT molecular complexity index is 746. The van der Waals surface area contributed by atoms with Gasteiger partial charge in [-0.25, -0.2) is 8.42 Å². The highest BCUT2D eigenvalue weighted by atomic mass is 32.2. The van der Waals surface area contributed by atoms with Crippen LogP contribution in [0.2, 0.25) is 0 Å². The molecule has 1 aromatic carbocycles. The first kappa shape index (κ1) is 17.3. The van der Waals surface area contributed by atoms with E-state index in [4.69, 9.17) is 0 Å². The van der Waals surface area contributed by atoms with Crippen molar-refractivity contribution in [3.63, 3.8) is 0 Å². The van der Waals surface area contributed by atoms with Crippen molar-refractivity contribution in [2.45, 2.75) is 43.8 Å². The monoisotopic (exact) mass is 373 g/mol. The van der Waals surface area contributed by atoms with E-state index >= 15 is 0 Å². The Labute approximate surface area is 146 Å². The third-order valence-corrected chi connectivity index (χ3v) is 8.26. The summed E-state index contributed by atoms with van der Waals surface area (Å²) in [5.41, 5.74) is 0.361. The first-order valence-electron chi connectivity index (χ1n) is 8.78. The molecule has 1 saturated carbocycles. The lowest BCUT2D eigenvalue weighted by atomic mass is 9.91. The number of sulfone groups is 1. The van der Waals surface area contributed by atoms with Gasteiger partial charge in [-0.05, 0) is 55.8 Å². The van der Waals surface area contributed by atoms with Crippen molar-refractivity contribution in [1.82, 2.24) is 4.90 Å². The van der Waals surface area contributed by atoms with E-state index in [1.54, 1.807) is 12.1 Å². The van der Waals surface area contributed by atoms with E-state index in [1.807, 2.05) is 0 Å². The topological polar surface area (TPSA) is 37.4 Å². The van der Waals surface area contributed by atoms with Crippen LogP contribution < -0.4 is 0 Å². The minimum absolute atomic E-state index is 0.0225. The molecule has 0 aromatic heterocycles. The molecule has 138 valence electrons. The van der Waals surface area contributed by atoms with Crippen LogP contribution in [-0.2, 0) is 16.0 Å². The largest absolute Gasteiger partial charge is 0.416 e. The smallest absolute Gasteiger partial charge is 0.300 e. The molecule has 0 unspecified atom stereocenters. The normalized spacial score (nSPS) is 31.3. The quantitative estimate of drug-likeness (QED) is 0.797. The molecule has 1 aliphatic carbocycles. The van der Waals surface area contributed by atoms with Gasteiger partial charge in [-0.3, -0.25) is 4.90 Å². The highest BCUT2D eigenvalue weighted by Crippen LogP contribution is 2.45. The Kier molecular flexibility index (Phi) is 3.96. The van der Waals surface area contributed by atoms with E-state index in [-0.39, 0.29) is 5.41 Å². The summed E-state index contributed by atoms with van der Waals surface area (Å²) in [5, 5.41) is 0. The predicted octanol–water partition coefficient (Wildman–Crippen LogP) is 3.46. The van der Waals surface area contributed by atoms with Crippen molar-refractivity contribution in [2.75, 3.05) is 24.6 Å². The summed E-state index contributed by atoms with van der Waals surface area (Å²) >= 11 is 0. The number of likely N-dealkylation sites (tertiary alicyclic amines) is 1. The van der Waals surface area contributed by atoms with Crippen molar-refractivity contribution >= 4 is 9.84 Å². The maximum Gasteiger partial charge on any atom is 0.416 e. The lowest BCUT2D eigenvalue weighted by molar-refractivity contribution is -0.137. The number of halogens is 3. The van der Waals surface area contributed by atoms with Crippen LogP contribution in [0.4, 0.5) is 13.2 Å². The third-order valence-electron chi connectivity index (χ3n) is 6.15. The van der Waals surface area contributed by atoms with Gasteiger partial charge in [-0.1, -0.05) is 12.1 Å². The van der Waals surface area contributed by atoms with Gasteiger partial charge >= 0.3 is 6.18 Å². The summed E-state index contributed by atoms with van der Waals surface area (Å²) in [5.74, 6) is 0.950. The fraction of sp³-hybridized carbons (Fsp3) is 0.667. The van der Waals surface area contributed by atoms with E-state index in [9.17, 15) is 21.6 Å². The predicted molar refractivity (Wildman–Crippen MR) is 89.1 cm³/mol. The molecule has 2 aliphatic heterocycles. The highest BCUT2D eigenvalue weighted by molar-refractivity contribution is 7.92. The molecular weight excluding hydrogens is 351 g/mol. The van der Waals surface area contributed by atoms with Crippen LogP contribution in [0, 0.1) is 5.41 Å². The summed E-state index contributed by atoms with van der Waals surface area (Å²) in [6, 6.07) is 5.99. The van der Waals surface area contributed by atoms with E-state index in [0.29, 0.717) is 23.5 Å². The molecule has 0 bridgehead atoms. The maximum atomic E-state index is 12.7. The molecule has 1 aromatic rings. The number of hydrogen-bond acceptors (Lipinski definition) is 3. The Balaban J connectivity index is 1.37. The number of benzene rings is 1. The van der Waals surface area contributed by atoms with E-state index in [0.717, 1.165) is 44.3 Å². The highest BCUT2D eigenvalue weighted by Gasteiger charge is 2.53. The Morgan fingerprint density at radius 2 is 1.76 bits per heavy atom. The lowest BCUT2D eigenvalue weighted by Gasteiger charge is -2.38. The minimum atomic E-state index is -4.29. The van der Waals surface area contributed by atoms with Gasteiger partial charge in [0.25, 0.3) is 0 Å². The van der Waals surface area contributed by atoms with E-state index in [1.165, 1.54) is 12.1 Å². The molecular formula is C18H22F3NO2S. The van der Waals surface area contributed by atoms with Crippen molar-refractivity contribution in [1.29, 1.82) is 0 Å². The molecule has 1 spiro atoms. The van der Waals surface area contributed by atoms with Crippen LogP contribution >= 0.6 is 0 Å². The van der Waals surface area contributed by atoms with Crippen molar-refractivity contribution in [3.05, 3.63) is 35.4 Å². The van der Waals surface area contributed by atoms with Gasteiger partial charge in [0.2, 0.25) is 0 Å². The molecule has 2 atom stereocenters. The molecule has 2 saturated heterocycles. The molecule has 7 heteroatoms. The van der Waals surface area contributed by atoms with Gasteiger partial charge in [-0.2, -0.15) is 13.2 Å². The zero-order chi connectivity index (χ0) is 17.9. The van der Waals surface area contributed by atoms with Gasteiger partial charge in [0, 0.05) is 18.0 Å². The molecule has 0 N–H and O–H groups in total. The fourth-order valence-corrected chi connectivity index (χ4v) is 7.20. The van der Waals surface area contributed by atoms with Crippen LogP contribution in [0.15, 0.2) is 24.3 Å². The van der Waals surface area contributed by atoms with Gasteiger partial charge in [0.05, 0.1) is 17.1 Å². The number of rotatable bonds is 2. The van der Waals surface area contributed by atoms with Crippen LogP contribution in [0.3, 0.4) is 0 Å². The molecule has 3 fully saturated rings. The van der Waals surface area contributed by atoms with Gasteiger partial charge in [-0.15, -0.1) is 0 Å². The fourth-order valence-electron chi connectivity index (χ4n) is 4.94. The molecule has 3 nitrogen and oxygen atoms in total.